The molecule has 4 rings (SSSR count). The number of benzene rings is 3. The van der Waals surface area contributed by atoms with Crippen LogP contribution in [0.5, 0.6) is 0 Å². The molecule has 1 fully saturated rings. The molecule has 3 aromatic rings. The van der Waals surface area contributed by atoms with Gasteiger partial charge >= 0.3 is 6.09 Å². The first-order chi connectivity index (χ1) is 18.9. The van der Waals surface area contributed by atoms with Gasteiger partial charge in [0.05, 0.1) is 32.5 Å². The van der Waals surface area contributed by atoms with Gasteiger partial charge in [-0.15, -0.1) is 0 Å². The standard InChI is InChI=1S/C32H38NO6/c1-32(2,3)39-31(34)33-27-22-36-28(23-35-19-24-13-7-4-8-14-24)30(38-21-26-17-11-6-12-18-26)29(27)37-20-25-15-9-5-10-16-25/h4-18,22,27-30H,19-21,23H2,1-3H3,(H,33,34)/t27-,28+,29+,30-/m0/s1. The van der Waals surface area contributed by atoms with Gasteiger partial charge in [-0.05, 0) is 37.5 Å². The average Bonchev–Trinajstić information content (AvgIpc) is 2.92. The molecule has 207 valence electrons. The van der Waals surface area contributed by atoms with Crippen molar-refractivity contribution in [2.24, 2.45) is 0 Å². The Kier molecular flexibility index (Phi) is 10.5. The Morgan fingerprint density at radius 1 is 0.744 bits per heavy atom. The quantitative estimate of drug-likeness (QED) is 0.335. The van der Waals surface area contributed by atoms with E-state index in [0.29, 0.717) is 19.8 Å². The molecule has 0 bridgehead atoms. The number of ether oxygens (including phenoxy) is 5. The highest BCUT2D eigenvalue weighted by Crippen LogP contribution is 2.27. The molecule has 7 nitrogen and oxygen atoms in total. The van der Waals surface area contributed by atoms with Crippen LogP contribution in [-0.4, -0.2) is 42.7 Å². The van der Waals surface area contributed by atoms with Crippen LogP contribution < -0.4 is 5.32 Å². The molecule has 0 unspecified atom stereocenters. The van der Waals surface area contributed by atoms with Crippen LogP contribution >= 0.6 is 0 Å². The molecule has 0 aromatic heterocycles. The van der Waals surface area contributed by atoms with E-state index in [9.17, 15) is 4.79 Å². The minimum absolute atomic E-state index is 0.287. The Hall–Kier alpha value is -3.23. The van der Waals surface area contributed by atoms with Crippen molar-refractivity contribution in [2.45, 2.75) is 70.5 Å². The zero-order valence-corrected chi connectivity index (χ0v) is 22.8. The second kappa shape index (κ2) is 14.2. The molecule has 39 heavy (non-hydrogen) atoms. The largest absolute Gasteiger partial charge is 0.444 e. The van der Waals surface area contributed by atoms with Gasteiger partial charge in [0.2, 0.25) is 0 Å². The number of rotatable bonds is 11. The summed E-state index contributed by atoms with van der Waals surface area (Å²) in [6, 6.07) is 29.2. The molecule has 0 aliphatic carbocycles. The van der Waals surface area contributed by atoms with Crippen LogP contribution in [0.25, 0.3) is 0 Å². The summed E-state index contributed by atoms with van der Waals surface area (Å²) >= 11 is 0. The third-order valence-corrected chi connectivity index (χ3v) is 6.09. The lowest BCUT2D eigenvalue weighted by Gasteiger charge is -2.42. The maximum Gasteiger partial charge on any atom is 0.408 e. The maximum atomic E-state index is 12.7. The summed E-state index contributed by atoms with van der Waals surface area (Å²) in [4.78, 5) is 12.7. The lowest BCUT2D eigenvalue weighted by molar-refractivity contribution is -0.190. The molecule has 7 heteroatoms. The Morgan fingerprint density at radius 3 is 1.74 bits per heavy atom. The molecule has 1 aliphatic rings. The first-order valence-electron chi connectivity index (χ1n) is 13.3. The monoisotopic (exact) mass is 532 g/mol. The van der Waals surface area contributed by atoms with Crippen molar-refractivity contribution in [2.75, 3.05) is 6.61 Å². The van der Waals surface area contributed by atoms with Crippen molar-refractivity contribution in [1.29, 1.82) is 0 Å². The summed E-state index contributed by atoms with van der Waals surface area (Å²) in [5.74, 6) is 0. The van der Waals surface area contributed by atoms with Gasteiger partial charge in [0.1, 0.15) is 30.5 Å². The molecule has 1 saturated heterocycles. The van der Waals surface area contributed by atoms with E-state index in [4.69, 9.17) is 23.7 Å². The number of nitrogens with one attached hydrogen (secondary N) is 1. The fourth-order valence-corrected chi connectivity index (χ4v) is 4.25. The average molecular weight is 533 g/mol. The van der Waals surface area contributed by atoms with Gasteiger partial charge < -0.3 is 29.0 Å². The van der Waals surface area contributed by atoms with Crippen LogP contribution in [-0.2, 0) is 43.5 Å². The number of carbonyl (C=O) groups is 1. The fraction of sp³-hybridized carbons (Fsp3) is 0.375. The summed E-state index contributed by atoms with van der Waals surface area (Å²) in [5.41, 5.74) is 2.46. The van der Waals surface area contributed by atoms with E-state index in [2.05, 4.69) is 5.32 Å². The molecule has 0 saturated carbocycles. The van der Waals surface area contributed by atoms with Gasteiger partial charge in [-0.25, -0.2) is 4.79 Å². The molecule has 1 amide bonds. The summed E-state index contributed by atoms with van der Waals surface area (Å²) in [7, 11) is 0. The lowest BCUT2D eigenvalue weighted by Crippen LogP contribution is -2.60. The molecular weight excluding hydrogens is 494 g/mol. The van der Waals surface area contributed by atoms with Crippen LogP contribution in [0.3, 0.4) is 0 Å². The van der Waals surface area contributed by atoms with Crippen molar-refractivity contribution >= 4 is 6.09 Å². The number of hydrogen-bond acceptors (Lipinski definition) is 6. The first kappa shape index (κ1) is 28.8. The predicted molar refractivity (Wildman–Crippen MR) is 148 cm³/mol. The van der Waals surface area contributed by atoms with E-state index < -0.39 is 36.0 Å². The van der Waals surface area contributed by atoms with E-state index in [1.54, 1.807) is 6.61 Å². The smallest absolute Gasteiger partial charge is 0.408 e. The molecule has 1 radical (unpaired) electrons. The molecule has 1 aliphatic heterocycles. The number of hydrogen-bond donors (Lipinski definition) is 1. The van der Waals surface area contributed by atoms with Crippen LogP contribution in [0.4, 0.5) is 4.79 Å². The Balaban J connectivity index is 1.52. The van der Waals surface area contributed by atoms with Gasteiger partial charge in [0.25, 0.3) is 0 Å². The van der Waals surface area contributed by atoms with Gasteiger partial charge in [0, 0.05) is 0 Å². The minimum atomic E-state index is -0.642. The molecule has 1 N–H and O–H groups in total. The van der Waals surface area contributed by atoms with Gasteiger partial charge in [0.15, 0.2) is 0 Å². The molecule has 3 aromatic carbocycles. The van der Waals surface area contributed by atoms with Gasteiger partial charge in [-0.1, -0.05) is 91.0 Å². The van der Waals surface area contributed by atoms with E-state index >= 15 is 0 Å². The highest BCUT2D eigenvalue weighted by atomic mass is 16.6. The van der Waals surface area contributed by atoms with Crippen molar-refractivity contribution in [3.8, 4) is 0 Å². The van der Waals surface area contributed by atoms with Crippen LogP contribution in [0.1, 0.15) is 37.5 Å². The van der Waals surface area contributed by atoms with Crippen LogP contribution in [0.2, 0.25) is 0 Å². The van der Waals surface area contributed by atoms with Gasteiger partial charge in [-0.2, -0.15) is 0 Å². The lowest BCUT2D eigenvalue weighted by atomic mass is 9.97. The summed E-state index contributed by atoms with van der Waals surface area (Å²) in [6.45, 7) is 8.49. The van der Waals surface area contributed by atoms with Crippen LogP contribution in [0, 0.1) is 6.61 Å². The van der Waals surface area contributed by atoms with Gasteiger partial charge in [-0.3, -0.25) is 0 Å². The van der Waals surface area contributed by atoms with Crippen molar-refractivity contribution in [3.05, 3.63) is 114 Å². The van der Waals surface area contributed by atoms with E-state index in [1.165, 1.54) is 0 Å². The van der Waals surface area contributed by atoms with Crippen molar-refractivity contribution in [1.82, 2.24) is 5.32 Å². The molecule has 4 atom stereocenters. The Bertz CT molecular complexity index is 1120. The number of carbonyl (C=O) groups excluding carboxylic acids is 1. The SMILES string of the molecule is CC(C)(C)OC(=O)N[C@H]1[CH]O[C@H](COCc2ccccc2)[C@H](OCc2ccccc2)[C@@H]1OCc1ccccc1. The zero-order valence-electron chi connectivity index (χ0n) is 22.8. The molecule has 1 heterocycles. The summed E-state index contributed by atoms with van der Waals surface area (Å²) < 4.78 is 30.6. The topological polar surface area (TPSA) is 75.3 Å². The molecule has 0 spiro atoms. The van der Waals surface area contributed by atoms with Crippen molar-refractivity contribution < 1.29 is 28.5 Å². The Labute approximate surface area is 231 Å². The Morgan fingerprint density at radius 2 is 1.23 bits per heavy atom. The fourth-order valence-electron chi connectivity index (χ4n) is 4.25. The highest BCUT2D eigenvalue weighted by Gasteiger charge is 2.44. The third-order valence-electron chi connectivity index (χ3n) is 6.09. The second-order valence-corrected chi connectivity index (χ2v) is 10.5. The first-order valence-corrected chi connectivity index (χ1v) is 13.3. The highest BCUT2D eigenvalue weighted by molar-refractivity contribution is 5.68. The minimum Gasteiger partial charge on any atom is -0.444 e. The maximum absolute atomic E-state index is 12.7. The number of alkyl carbamates (subject to hydrolysis) is 1. The van der Waals surface area contributed by atoms with Crippen molar-refractivity contribution in [3.63, 3.8) is 0 Å². The molecular formula is C32H38NO6. The van der Waals surface area contributed by atoms with E-state index in [-0.39, 0.29) is 6.61 Å². The van der Waals surface area contributed by atoms with Crippen LogP contribution in [0.15, 0.2) is 91.0 Å². The normalized spacial score (nSPS) is 21.3. The number of amides is 1. The van der Waals surface area contributed by atoms with E-state index in [1.807, 2.05) is 112 Å². The summed E-state index contributed by atoms with van der Waals surface area (Å²) in [5, 5.41) is 2.90. The predicted octanol–water partition coefficient (Wildman–Crippen LogP) is 5.83. The van der Waals surface area contributed by atoms with E-state index in [0.717, 1.165) is 16.7 Å². The zero-order chi connectivity index (χ0) is 27.5. The summed E-state index contributed by atoms with van der Waals surface area (Å²) in [6.07, 6.45) is -2.09. The second-order valence-electron chi connectivity index (χ2n) is 10.5. The third kappa shape index (κ3) is 9.48.